The summed E-state index contributed by atoms with van der Waals surface area (Å²) in [6.07, 6.45) is 2.31. The predicted molar refractivity (Wildman–Crippen MR) is 118 cm³/mol. The first-order valence-electron chi connectivity index (χ1n) is 9.75. The molecule has 0 radical (unpaired) electrons. The van der Waals surface area contributed by atoms with Crippen molar-refractivity contribution in [3.05, 3.63) is 46.2 Å². The Kier molecular flexibility index (Phi) is 6.15. The molecule has 1 aliphatic rings. The van der Waals surface area contributed by atoms with E-state index in [1.165, 1.54) is 23.1 Å². The summed E-state index contributed by atoms with van der Waals surface area (Å²) >= 11 is 2.70. The zero-order chi connectivity index (χ0) is 20.2. The average molecular weight is 430 g/mol. The third kappa shape index (κ3) is 4.45. The molecule has 0 bridgehead atoms. The number of amides is 1. The largest absolute Gasteiger partial charge is 0.351 e. The fourth-order valence-corrected chi connectivity index (χ4v) is 5.17. The topological polar surface area (TPSA) is 80.1 Å². The Hall–Kier alpha value is -2.39. The number of thioether (sulfide) groups is 1. The SMILES string of the molecule is CCn1c(SCC(=O)NCc2ccccc2)nc2nc(N3CCCC3)sc2c1=O. The van der Waals surface area contributed by atoms with Crippen molar-refractivity contribution in [1.29, 1.82) is 0 Å². The van der Waals surface area contributed by atoms with Gasteiger partial charge in [0.25, 0.3) is 5.56 Å². The van der Waals surface area contributed by atoms with Crippen molar-refractivity contribution < 1.29 is 4.79 Å². The average Bonchev–Trinajstić information content (AvgIpc) is 3.41. The van der Waals surface area contributed by atoms with Gasteiger partial charge in [0.05, 0.1) is 5.75 Å². The molecule has 9 heteroatoms. The maximum absolute atomic E-state index is 12.9. The number of rotatable bonds is 7. The van der Waals surface area contributed by atoms with E-state index in [9.17, 15) is 9.59 Å². The molecule has 1 aromatic carbocycles. The molecule has 1 amide bonds. The molecule has 2 aromatic heterocycles. The number of carbonyl (C=O) groups excluding carboxylic acids is 1. The molecule has 4 rings (SSSR count). The van der Waals surface area contributed by atoms with E-state index in [-0.39, 0.29) is 17.2 Å². The number of nitrogens with zero attached hydrogens (tertiary/aromatic N) is 4. The highest BCUT2D eigenvalue weighted by atomic mass is 32.2. The van der Waals surface area contributed by atoms with Crippen LogP contribution >= 0.6 is 23.1 Å². The Bertz CT molecular complexity index is 1060. The van der Waals surface area contributed by atoms with Crippen LogP contribution in [-0.2, 0) is 17.9 Å². The zero-order valence-electron chi connectivity index (χ0n) is 16.3. The fraction of sp³-hybridized carbons (Fsp3) is 0.400. The number of benzene rings is 1. The van der Waals surface area contributed by atoms with Crippen LogP contribution in [0.5, 0.6) is 0 Å². The van der Waals surface area contributed by atoms with E-state index in [4.69, 9.17) is 0 Å². The highest BCUT2D eigenvalue weighted by Crippen LogP contribution is 2.29. The van der Waals surface area contributed by atoms with Gasteiger partial charge in [-0.3, -0.25) is 14.2 Å². The molecular weight excluding hydrogens is 406 g/mol. The van der Waals surface area contributed by atoms with E-state index in [1.807, 2.05) is 37.3 Å². The third-order valence-corrected chi connectivity index (χ3v) is 6.90. The zero-order valence-corrected chi connectivity index (χ0v) is 17.9. The number of aromatic nitrogens is 3. The van der Waals surface area contributed by atoms with Gasteiger partial charge in [-0.2, -0.15) is 4.98 Å². The van der Waals surface area contributed by atoms with Gasteiger partial charge in [-0.05, 0) is 25.3 Å². The van der Waals surface area contributed by atoms with Crippen molar-refractivity contribution >= 4 is 44.5 Å². The Morgan fingerprint density at radius 2 is 1.97 bits per heavy atom. The Balaban J connectivity index is 1.48. The molecule has 0 unspecified atom stereocenters. The van der Waals surface area contributed by atoms with Crippen molar-refractivity contribution in [1.82, 2.24) is 19.9 Å². The standard InChI is InChI=1S/C20H23N5O2S2/c1-2-25-18(27)16-17(22-19(29-16)24-10-6-7-11-24)23-20(25)28-13-15(26)21-12-14-8-4-3-5-9-14/h3-5,8-9H,2,6-7,10-13H2,1H3,(H,21,26). The number of thiazole rings is 1. The lowest BCUT2D eigenvalue weighted by atomic mass is 10.2. The lowest BCUT2D eigenvalue weighted by Gasteiger charge is -2.11. The molecule has 1 N–H and O–H groups in total. The molecule has 3 aromatic rings. The minimum atomic E-state index is -0.0908. The summed E-state index contributed by atoms with van der Waals surface area (Å²) in [4.78, 5) is 36.6. The number of nitrogens with one attached hydrogen (secondary N) is 1. The summed E-state index contributed by atoms with van der Waals surface area (Å²) < 4.78 is 2.22. The Labute approximate surface area is 177 Å². The van der Waals surface area contributed by atoms with Crippen LogP contribution in [0.15, 0.2) is 40.3 Å². The van der Waals surface area contributed by atoms with E-state index in [1.54, 1.807) is 4.57 Å². The van der Waals surface area contributed by atoms with Gasteiger partial charge in [-0.1, -0.05) is 53.4 Å². The van der Waals surface area contributed by atoms with Gasteiger partial charge in [-0.15, -0.1) is 0 Å². The minimum absolute atomic E-state index is 0.0763. The number of carbonyl (C=O) groups is 1. The van der Waals surface area contributed by atoms with Crippen LogP contribution in [0, 0.1) is 0 Å². The summed E-state index contributed by atoms with van der Waals surface area (Å²) in [5.74, 6) is 0.111. The van der Waals surface area contributed by atoms with Crippen LogP contribution in [0.2, 0.25) is 0 Å². The molecule has 29 heavy (non-hydrogen) atoms. The highest BCUT2D eigenvalue weighted by Gasteiger charge is 2.20. The lowest BCUT2D eigenvalue weighted by molar-refractivity contribution is -0.118. The number of hydrogen-bond acceptors (Lipinski definition) is 7. The van der Waals surface area contributed by atoms with Crippen molar-refractivity contribution in [2.45, 2.75) is 38.0 Å². The first-order chi connectivity index (χ1) is 14.2. The summed E-state index contributed by atoms with van der Waals surface area (Å²) in [7, 11) is 0. The van der Waals surface area contributed by atoms with Crippen molar-refractivity contribution in [2.75, 3.05) is 23.7 Å². The molecule has 1 aliphatic heterocycles. The molecule has 0 aliphatic carbocycles. The molecule has 7 nitrogen and oxygen atoms in total. The maximum atomic E-state index is 12.9. The second kappa shape index (κ2) is 8.96. The van der Waals surface area contributed by atoms with Crippen molar-refractivity contribution in [3.8, 4) is 0 Å². The van der Waals surface area contributed by atoms with E-state index < -0.39 is 0 Å². The minimum Gasteiger partial charge on any atom is -0.351 e. The Morgan fingerprint density at radius 3 is 2.69 bits per heavy atom. The van der Waals surface area contributed by atoms with Crippen LogP contribution in [0.3, 0.4) is 0 Å². The molecule has 1 saturated heterocycles. The second-order valence-electron chi connectivity index (χ2n) is 6.84. The number of hydrogen-bond donors (Lipinski definition) is 1. The van der Waals surface area contributed by atoms with E-state index in [0.29, 0.717) is 28.6 Å². The number of anilines is 1. The van der Waals surface area contributed by atoms with Crippen LogP contribution in [0.4, 0.5) is 5.13 Å². The van der Waals surface area contributed by atoms with E-state index in [2.05, 4.69) is 20.2 Å². The molecule has 0 spiro atoms. The summed E-state index contributed by atoms with van der Waals surface area (Å²) in [5.41, 5.74) is 1.46. The summed E-state index contributed by atoms with van der Waals surface area (Å²) in [6.45, 7) is 4.86. The predicted octanol–water partition coefficient (Wildman–Crippen LogP) is 2.88. The van der Waals surface area contributed by atoms with Gasteiger partial charge in [0, 0.05) is 26.2 Å². The first kappa shape index (κ1) is 19.9. The Morgan fingerprint density at radius 1 is 1.21 bits per heavy atom. The number of fused-ring (bicyclic) bond motifs is 1. The first-order valence-corrected chi connectivity index (χ1v) is 11.6. The van der Waals surface area contributed by atoms with Gasteiger partial charge in [0.1, 0.15) is 4.70 Å². The van der Waals surface area contributed by atoms with Gasteiger partial charge >= 0.3 is 0 Å². The van der Waals surface area contributed by atoms with Gasteiger partial charge in [0.15, 0.2) is 15.9 Å². The van der Waals surface area contributed by atoms with Crippen LogP contribution < -0.4 is 15.8 Å². The van der Waals surface area contributed by atoms with Crippen LogP contribution in [-0.4, -0.2) is 39.3 Å². The monoisotopic (exact) mass is 429 g/mol. The fourth-order valence-electron chi connectivity index (χ4n) is 3.29. The smallest absolute Gasteiger partial charge is 0.273 e. The van der Waals surface area contributed by atoms with E-state index in [0.717, 1.165) is 36.6 Å². The molecule has 0 atom stereocenters. The van der Waals surface area contributed by atoms with Crippen molar-refractivity contribution in [2.24, 2.45) is 0 Å². The quantitative estimate of drug-likeness (QED) is 0.460. The molecule has 3 heterocycles. The van der Waals surface area contributed by atoms with Gasteiger partial charge in [0.2, 0.25) is 5.91 Å². The third-order valence-electron chi connectivity index (χ3n) is 4.83. The van der Waals surface area contributed by atoms with Crippen LogP contribution in [0.1, 0.15) is 25.3 Å². The maximum Gasteiger partial charge on any atom is 0.273 e. The van der Waals surface area contributed by atoms with Gasteiger partial charge < -0.3 is 10.2 Å². The molecular formula is C20H23N5O2S2. The van der Waals surface area contributed by atoms with Crippen LogP contribution in [0.25, 0.3) is 10.3 Å². The van der Waals surface area contributed by atoms with Crippen molar-refractivity contribution in [3.63, 3.8) is 0 Å². The van der Waals surface area contributed by atoms with E-state index >= 15 is 0 Å². The molecule has 1 fully saturated rings. The molecule has 152 valence electrons. The second-order valence-corrected chi connectivity index (χ2v) is 8.76. The highest BCUT2D eigenvalue weighted by molar-refractivity contribution is 7.99. The van der Waals surface area contributed by atoms with Gasteiger partial charge in [-0.25, -0.2) is 4.98 Å². The normalized spacial score (nSPS) is 13.9. The molecule has 0 saturated carbocycles. The summed E-state index contributed by atoms with van der Waals surface area (Å²) in [5, 5.41) is 4.31. The summed E-state index contributed by atoms with van der Waals surface area (Å²) in [6, 6.07) is 9.77. The lowest BCUT2D eigenvalue weighted by Crippen LogP contribution is -2.26.